The molecule has 0 saturated heterocycles. The van der Waals surface area contributed by atoms with Crippen LogP contribution in [0.4, 0.5) is 8.87 Å². The molecule has 0 aliphatic heterocycles. The Hall–Kier alpha value is -2.02. The minimum atomic E-state index is -2.79. The second-order valence-corrected chi connectivity index (χ2v) is 5.47. The van der Waals surface area contributed by atoms with Gasteiger partial charge in [-0.25, -0.2) is 4.39 Å². The van der Waals surface area contributed by atoms with Crippen LogP contribution in [0.2, 0.25) is 0 Å². The van der Waals surface area contributed by atoms with E-state index in [2.05, 4.69) is 0 Å². The third-order valence-corrected chi connectivity index (χ3v) is 3.45. The molecule has 0 radical (unpaired) electrons. The number of likely N-dealkylation sites (N-methyl/N-ethyl adjacent to an activating group) is 1. The SMILES string of the molecule is CCCC[C@](F)(NC(=O)[C@@H](N)Cc1ccccc1)C(=O)N(C)F. The Morgan fingerprint density at radius 2 is 1.96 bits per heavy atom. The van der Waals surface area contributed by atoms with Gasteiger partial charge in [-0.1, -0.05) is 48.2 Å². The van der Waals surface area contributed by atoms with Crippen molar-refractivity contribution in [3.05, 3.63) is 35.9 Å². The Morgan fingerprint density at radius 1 is 1.35 bits per heavy atom. The lowest BCUT2D eigenvalue weighted by molar-refractivity contribution is -0.162. The fourth-order valence-corrected chi connectivity index (χ4v) is 2.14. The maximum absolute atomic E-state index is 14.8. The van der Waals surface area contributed by atoms with Gasteiger partial charge in [-0.15, -0.1) is 0 Å². The fraction of sp³-hybridized carbons (Fsp3) is 0.500. The number of carbonyl (C=O) groups excluding carboxylic acids is 2. The third kappa shape index (κ3) is 5.59. The smallest absolute Gasteiger partial charge is 0.308 e. The van der Waals surface area contributed by atoms with E-state index in [-0.39, 0.29) is 18.0 Å². The number of hydrogen-bond donors (Lipinski definition) is 2. The molecule has 0 aromatic heterocycles. The van der Waals surface area contributed by atoms with Gasteiger partial charge in [0, 0.05) is 13.5 Å². The van der Waals surface area contributed by atoms with Crippen LogP contribution in [0.3, 0.4) is 0 Å². The van der Waals surface area contributed by atoms with Gasteiger partial charge in [0.25, 0.3) is 5.79 Å². The molecular formula is C16H23F2N3O2. The summed E-state index contributed by atoms with van der Waals surface area (Å²) in [5, 5.41) is 1.61. The zero-order valence-corrected chi connectivity index (χ0v) is 13.4. The van der Waals surface area contributed by atoms with Crippen LogP contribution in [-0.4, -0.2) is 35.8 Å². The van der Waals surface area contributed by atoms with E-state index in [4.69, 9.17) is 5.73 Å². The molecule has 1 aromatic rings. The van der Waals surface area contributed by atoms with Gasteiger partial charge in [-0.05, 0) is 18.4 Å². The first-order valence-corrected chi connectivity index (χ1v) is 7.54. The Kier molecular flexibility index (Phi) is 7.09. The molecule has 128 valence electrons. The monoisotopic (exact) mass is 327 g/mol. The Balaban J connectivity index is 2.77. The van der Waals surface area contributed by atoms with Crippen LogP contribution in [0.25, 0.3) is 0 Å². The first-order valence-electron chi connectivity index (χ1n) is 7.54. The summed E-state index contributed by atoms with van der Waals surface area (Å²) in [7, 11) is 0.790. The number of carbonyl (C=O) groups is 2. The van der Waals surface area contributed by atoms with Crippen molar-refractivity contribution in [3.63, 3.8) is 0 Å². The first-order chi connectivity index (χ1) is 10.8. The van der Waals surface area contributed by atoms with Crippen LogP contribution in [0, 0.1) is 0 Å². The van der Waals surface area contributed by atoms with Gasteiger partial charge in [0.1, 0.15) is 0 Å². The number of alkyl halides is 1. The summed E-state index contributed by atoms with van der Waals surface area (Å²) in [4.78, 5) is 23.8. The van der Waals surface area contributed by atoms with Crippen LogP contribution in [0.5, 0.6) is 0 Å². The number of nitrogens with one attached hydrogen (secondary N) is 1. The van der Waals surface area contributed by atoms with Crippen molar-refractivity contribution < 1.29 is 18.5 Å². The Morgan fingerprint density at radius 3 is 2.48 bits per heavy atom. The lowest BCUT2D eigenvalue weighted by Crippen LogP contribution is -2.58. The zero-order valence-electron chi connectivity index (χ0n) is 13.4. The molecule has 2 amide bonds. The highest BCUT2D eigenvalue weighted by molar-refractivity contribution is 5.91. The van der Waals surface area contributed by atoms with Crippen molar-refractivity contribution in [3.8, 4) is 0 Å². The highest BCUT2D eigenvalue weighted by Crippen LogP contribution is 2.20. The molecule has 2 atom stereocenters. The Labute approximate surface area is 134 Å². The molecule has 0 aliphatic carbocycles. The summed E-state index contributed by atoms with van der Waals surface area (Å²) >= 11 is 0. The van der Waals surface area contributed by atoms with Crippen LogP contribution >= 0.6 is 0 Å². The normalized spacial score (nSPS) is 14.7. The fourth-order valence-electron chi connectivity index (χ4n) is 2.14. The second-order valence-electron chi connectivity index (χ2n) is 5.47. The highest BCUT2D eigenvalue weighted by atomic mass is 19.2. The minimum absolute atomic E-state index is 0.191. The van der Waals surface area contributed by atoms with Gasteiger partial charge in [0.15, 0.2) is 0 Å². The number of hydrogen-bond acceptors (Lipinski definition) is 3. The Bertz CT molecular complexity index is 525. The minimum Gasteiger partial charge on any atom is -0.320 e. The molecule has 23 heavy (non-hydrogen) atoms. The van der Waals surface area contributed by atoms with Crippen LogP contribution in [-0.2, 0) is 16.0 Å². The van der Waals surface area contributed by atoms with Gasteiger partial charge >= 0.3 is 5.91 Å². The molecule has 0 saturated carbocycles. The van der Waals surface area contributed by atoms with E-state index in [1.807, 2.05) is 11.4 Å². The van der Waals surface area contributed by atoms with Gasteiger partial charge in [-0.2, -0.15) is 5.12 Å². The molecule has 1 rings (SSSR count). The van der Waals surface area contributed by atoms with Crippen LogP contribution in [0.15, 0.2) is 30.3 Å². The summed E-state index contributed by atoms with van der Waals surface area (Å²) in [6.45, 7) is 1.80. The van der Waals surface area contributed by atoms with E-state index >= 15 is 0 Å². The predicted molar refractivity (Wildman–Crippen MR) is 83.5 cm³/mol. The van der Waals surface area contributed by atoms with Crippen molar-refractivity contribution in [1.29, 1.82) is 0 Å². The van der Waals surface area contributed by atoms with Gasteiger partial charge < -0.3 is 11.1 Å². The second kappa shape index (κ2) is 8.57. The number of benzene rings is 1. The zero-order chi connectivity index (χ0) is 17.5. The molecule has 1 aromatic carbocycles. The largest absolute Gasteiger partial charge is 0.320 e. The van der Waals surface area contributed by atoms with E-state index < -0.39 is 23.6 Å². The molecule has 0 unspecified atom stereocenters. The van der Waals surface area contributed by atoms with Crippen LogP contribution in [0.1, 0.15) is 31.7 Å². The topological polar surface area (TPSA) is 75.4 Å². The first kappa shape index (κ1) is 19.0. The van der Waals surface area contributed by atoms with E-state index in [0.29, 0.717) is 12.8 Å². The van der Waals surface area contributed by atoms with E-state index in [1.165, 1.54) is 0 Å². The number of amides is 2. The summed E-state index contributed by atoms with van der Waals surface area (Å²) < 4.78 is 27.8. The maximum Gasteiger partial charge on any atom is 0.308 e. The van der Waals surface area contributed by atoms with Crippen molar-refractivity contribution in [1.82, 2.24) is 10.4 Å². The van der Waals surface area contributed by atoms with Crippen molar-refractivity contribution in [2.24, 2.45) is 5.73 Å². The number of unbranched alkanes of at least 4 members (excludes halogenated alkanes) is 1. The van der Waals surface area contributed by atoms with E-state index in [1.54, 1.807) is 31.2 Å². The molecule has 0 aliphatic rings. The molecular weight excluding hydrogens is 304 g/mol. The molecule has 7 heteroatoms. The molecule has 3 N–H and O–H groups in total. The number of rotatable bonds is 8. The van der Waals surface area contributed by atoms with E-state index in [9.17, 15) is 18.5 Å². The predicted octanol–water partition coefficient (Wildman–Crippen LogP) is 1.87. The number of nitrogens with two attached hydrogens (primary N) is 1. The van der Waals surface area contributed by atoms with E-state index in [0.717, 1.165) is 12.6 Å². The standard InChI is InChI=1S/C16H23F2N3O2/c1-3-4-10-16(17,15(23)21(2)18)20-14(22)13(19)11-12-8-6-5-7-9-12/h5-9,13H,3-4,10-11,19H2,1-2H3,(H,20,22)/t13-,16-/m0/s1. The lowest BCUT2D eigenvalue weighted by atomic mass is 10.0. The molecule has 5 nitrogen and oxygen atoms in total. The van der Waals surface area contributed by atoms with Crippen LogP contribution < -0.4 is 11.1 Å². The lowest BCUT2D eigenvalue weighted by Gasteiger charge is -2.27. The quantitative estimate of drug-likeness (QED) is 0.565. The maximum atomic E-state index is 14.8. The highest BCUT2D eigenvalue weighted by Gasteiger charge is 2.43. The summed E-state index contributed by atoms with van der Waals surface area (Å²) in [5.41, 5.74) is 6.57. The van der Waals surface area contributed by atoms with Crippen molar-refractivity contribution in [2.75, 3.05) is 7.05 Å². The van der Waals surface area contributed by atoms with Crippen molar-refractivity contribution in [2.45, 2.75) is 44.4 Å². The number of nitrogens with zero attached hydrogens (tertiary/aromatic N) is 1. The van der Waals surface area contributed by atoms with Gasteiger partial charge in [-0.3, -0.25) is 9.59 Å². The average Bonchev–Trinajstić information content (AvgIpc) is 2.52. The molecule has 0 heterocycles. The molecule has 0 spiro atoms. The van der Waals surface area contributed by atoms with Crippen molar-refractivity contribution >= 4 is 11.8 Å². The summed E-state index contributed by atoms with van der Waals surface area (Å²) in [6.07, 6.45) is 0.807. The summed E-state index contributed by atoms with van der Waals surface area (Å²) in [6, 6.07) is 7.94. The average molecular weight is 327 g/mol. The van der Waals surface area contributed by atoms with Gasteiger partial charge in [0.05, 0.1) is 6.04 Å². The van der Waals surface area contributed by atoms with Gasteiger partial charge in [0.2, 0.25) is 5.91 Å². The molecule has 0 fully saturated rings. The summed E-state index contributed by atoms with van der Waals surface area (Å²) in [5.74, 6) is -5.06. The number of halogens is 2. The third-order valence-electron chi connectivity index (χ3n) is 3.45. The molecule has 0 bridgehead atoms.